The molecule has 4 heteroatoms. The third-order valence-electron chi connectivity index (χ3n) is 4.09. The van der Waals surface area contributed by atoms with Gasteiger partial charge in [-0.1, -0.05) is 37.0 Å². The number of benzene rings is 1. The molecule has 1 saturated carbocycles. The summed E-state index contributed by atoms with van der Waals surface area (Å²) in [5, 5.41) is 15.2. The number of aryl methyl sites for hydroxylation is 1. The quantitative estimate of drug-likeness (QED) is 0.791. The highest BCUT2D eigenvalue weighted by Crippen LogP contribution is 2.31. The Labute approximate surface area is 120 Å². The summed E-state index contributed by atoms with van der Waals surface area (Å²) in [5.41, 5.74) is 1.73. The summed E-state index contributed by atoms with van der Waals surface area (Å²) >= 11 is 0. The number of hydrogen-bond donors (Lipinski definition) is 3. The summed E-state index contributed by atoms with van der Waals surface area (Å²) in [5.74, 6) is 0. The van der Waals surface area contributed by atoms with Gasteiger partial charge in [0.15, 0.2) is 0 Å². The van der Waals surface area contributed by atoms with E-state index in [2.05, 4.69) is 10.6 Å². The third-order valence-corrected chi connectivity index (χ3v) is 4.09. The summed E-state index contributed by atoms with van der Waals surface area (Å²) in [6.07, 6.45) is 5.99. The second-order valence-corrected chi connectivity index (χ2v) is 5.76. The lowest BCUT2D eigenvalue weighted by atomic mass is 9.79. The second-order valence-electron chi connectivity index (χ2n) is 5.76. The van der Waals surface area contributed by atoms with Crippen LogP contribution >= 0.6 is 0 Å². The number of carbonyl (C=O) groups is 1. The first-order valence-corrected chi connectivity index (χ1v) is 7.40. The number of nitrogens with one attached hydrogen (secondary N) is 2. The smallest absolute Gasteiger partial charge is 0.319 e. The minimum absolute atomic E-state index is 0.116. The van der Waals surface area contributed by atoms with E-state index in [0.717, 1.165) is 31.4 Å². The topological polar surface area (TPSA) is 61.4 Å². The summed E-state index contributed by atoms with van der Waals surface area (Å²) in [4.78, 5) is 12.1. The van der Waals surface area contributed by atoms with E-state index in [-0.39, 0.29) is 18.2 Å². The molecular weight excluding hydrogens is 252 g/mol. The summed E-state index contributed by atoms with van der Waals surface area (Å²) in [6, 6.07) is 7.56. The van der Waals surface area contributed by atoms with Crippen molar-refractivity contribution in [2.45, 2.75) is 51.0 Å². The van der Waals surface area contributed by atoms with Crippen LogP contribution in [0, 0.1) is 6.92 Å². The molecule has 0 unspecified atom stereocenters. The van der Waals surface area contributed by atoms with Crippen LogP contribution in [0.3, 0.4) is 0 Å². The zero-order chi connectivity index (χ0) is 14.4. The Morgan fingerprint density at radius 2 is 1.85 bits per heavy atom. The number of hydrogen-bond acceptors (Lipinski definition) is 2. The van der Waals surface area contributed by atoms with Crippen molar-refractivity contribution < 1.29 is 9.90 Å². The van der Waals surface area contributed by atoms with Crippen LogP contribution in [0.1, 0.15) is 44.1 Å². The number of rotatable bonds is 4. The molecule has 0 aliphatic heterocycles. The van der Waals surface area contributed by atoms with Crippen molar-refractivity contribution >= 4 is 11.7 Å². The molecule has 3 N–H and O–H groups in total. The van der Waals surface area contributed by atoms with Gasteiger partial charge in [-0.05, 0) is 38.3 Å². The van der Waals surface area contributed by atoms with Gasteiger partial charge in [0, 0.05) is 17.8 Å². The molecule has 0 spiro atoms. The lowest BCUT2D eigenvalue weighted by Crippen LogP contribution is -2.51. The maximum atomic E-state index is 12.1. The van der Waals surface area contributed by atoms with Crippen LogP contribution in [0.15, 0.2) is 24.3 Å². The minimum Gasteiger partial charge on any atom is -0.396 e. The molecule has 2 rings (SSSR count). The Bertz CT molecular complexity index is 431. The predicted molar refractivity (Wildman–Crippen MR) is 80.9 cm³/mol. The van der Waals surface area contributed by atoms with Crippen molar-refractivity contribution in [1.29, 1.82) is 0 Å². The Kier molecular flexibility index (Phi) is 5.01. The van der Waals surface area contributed by atoms with Crippen LogP contribution in [0.2, 0.25) is 0 Å². The molecule has 1 aromatic rings. The molecule has 0 atom stereocenters. The molecule has 0 bridgehead atoms. The van der Waals surface area contributed by atoms with Gasteiger partial charge in [0.2, 0.25) is 0 Å². The van der Waals surface area contributed by atoms with Gasteiger partial charge in [-0.2, -0.15) is 0 Å². The van der Waals surface area contributed by atoms with E-state index in [4.69, 9.17) is 0 Å². The summed E-state index contributed by atoms with van der Waals surface area (Å²) < 4.78 is 0. The maximum Gasteiger partial charge on any atom is 0.319 e. The number of carbonyl (C=O) groups excluding carboxylic acids is 1. The SMILES string of the molecule is Cc1ccc(NC(=O)NC2(CCO)CCCCC2)cc1. The van der Waals surface area contributed by atoms with Gasteiger partial charge in [-0.25, -0.2) is 4.79 Å². The highest BCUT2D eigenvalue weighted by molar-refractivity contribution is 5.89. The van der Waals surface area contributed by atoms with Crippen molar-refractivity contribution in [2.24, 2.45) is 0 Å². The van der Waals surface area contributed by atoms with Crippen LogP contribution in [-0.2, 0) is 0 Å². The van der Waals surface area contributed by atoms with E-state index < -0.39 is 0 Å². The summed E-state index contributed by atoms with van der Waals surface area (Å²) in [7, 11) is 0. The van der Waals surface area contributed by atoms with E-state index in [1.54, 1.807) is 0 Å². The third kappa shape index (κ3) is 3.97. The molecule has 20 heavy (non-hydrogen) atoms. The van der Waals surface area contributed by atoms with E-state index in [0.29, 0.717) is 6.42 Å². The second kappa shape index (κ2) is 6.75. The molecule has 0 radical (unpaired) electrons. The van der Waals surface area contributed by atoms with E-state index in [1.807, 2.05) is 31.2 Å². The monoisotopic (exact) mass is 276 g/mol. The fourth-order valence-electron chi connectivity index (χ4n) is 2.92. The Hall–Kier alpha value is -1.55. The van der Waals surface area contributed by atoms with E-state index in [1.165, 1.54) is 12.0 Å². The first-order valence-electron chi connectivity index (χ1n) is 7.40. The Balaban J connectivity index is 1.95. The zero-order valence-electron chi connectivity index (χ0n) is 12.1. The normalized spacial score (nSPS) is 17.5. The van der Waals surface area contributed by atoms with Crippen molar-refractivity contribution in [2.75, 3.05) is 11.9 Å². The van der Waals surface area contributed by atoms with Crippen LogP contribution in [0.4, 0.5) is 10.5 Å². The fourth-order valence-corrected chi connectivity index (χ4v) is 2.92. The number of aliphatic hydroxyl groups excluding tert-OH is 1. The molecule has 0 saturated heterocycles. The fraction of sp³-hybridized carbons (Fsp3) is 0.562. The van der Waals surface area contributed by atoms with Gasteiger partial charge in [-0.3, -0.25) is 0 Å². The van der Waals surface area contributed by atoms with Crippen molar-refractivity contribution in [3.8, 4) is 0 Å². The molecule has 1 aliphatic carbocycles. The first-order chi connectivity index (χ1) is 9.63. The van der Waals surface area contributed by atoms with Crippen molar-refractivity contribution in [1.82, 2.24) is 5.32 Å². The van der Waals surface area contributed by atoms with Crippen LogP contribution in [0.5, 0.6) is 0 Å². The van der Waals surface area contributed by atoms with Crippen LogP contribution < -0.4 is 10.6 Å². The average Bonchev–Trinajstić information content (AvgIpc) is 2.42. The number of urea groups is 1. The van der Waals surface area contributed by atoms with Gasteiger partial charge >= 0.3 is 6.03 Å². The largest absolute Gasteiger partial charge is 0.396 e. The van der Waals surface area contributed by atoms with Crippen LogP contribution in [0.25, 0.3) is 0 Å². The Morgan fingerprint density at radius 1 is 1.20 bits per heavy atom. The molecule has 1 aliphatic rings. The maximum absolute atomic E-state index is 12.1. The van der Waals surface area contributed by atoms with Gasteiger partial charge in [0.25, 0.3) is 0 Å². The lowest BCUT2D eigenvalue weighted by molar-refractivity contribution is 0.168. The molecule has 0 heterocycles. The molecular formula is C16H24N2O2. The highest BCUT2D eigenvalue weighted by Gasteiger charge is 2.32. The minimum atomic E-state index is -0.234. The highest BCUT2D eigenvalue weighted by atomic mass is 16.3. The van der Waals surface area contributed by atoms with Gasteiger partial charge in [0.05, 0.1) is 0 Å². The first kappa shape index (κ1) is 14.9. The van der Waals surface area contributed by atoms with Crippen molar-refractivity contribution in [3.05, 3.63) is 29.8 Å². The number of aliphatic hydroxyl groups is 1. The standard InChI is InChI=1S/C16H24N2O2/c1-13-5-7-14(8-6-13)17-15(20)18-16(11-12-19)9-3-2-4-10-16/h5-8,19H,2-4,9-12H2,1H3,(H2,17,18,20). The molecule has 1 aromatic carbocycles. The van der Waals surface area contributed by atoms with Gasteiger partial charge < -0.3 is 15.7 Å². The van der Waals surface area contributed by atoms with Crippen LogP contribution in [-0.4, -0.2) is 23.3 Å². The molecule has 110 valence electrons. The molecule has 2 amide bonds. The lowest BCUT2D eigenvalue weighted by Gasteiger charge is -2.37. The summed E-state index contributed by atoms with van der Waals surface area (Å²) in [6.45, 7) is 2.13. The molecule has 4 nitrogen and oxygen atoms in total. The van der Waals surface area contributed by atoms with Gasteiger partial charge in [0.1, 0.15) is 0 Å². The average molecular weight is 276 g/mol. The van der Waals surface area contributed by atoms with Crippen molar-refractivity contribution in [3.63, 3.8) is 0 Å². The van der Waals surface area contributed by atoms with E-state index in [9.17, 15) is 9.90 Å². The predicted octanol–water partition coefficient (Wildman–Crippen LogP) is 3.20. The molecule has 1 fully saturated rings. The van der Waals surface area contributed by atoms with E-state index >= 15 is 0 Å². The number of anilines is 1. The number of amides is 2. The Morgan fingerprint density at radius 3 is 2.45 bits per heavy atom. The molecule has 0 aromatic heterocycles. The van der Waals surface area contributed by atoms with Gasteiger partial charge in [-0.15, -0.1) is 0 Å². The zero-order valence-corrected chi connectivity index (χ0v) is 12.1.